The molecule has 0 bridgehead atoms. The minimum atomic E-state index is 0. The van der Waals surface area contributed by atoms with Crippen molar-refractivity contribution in [2.45, 2.75) is 29.2 Å². The quantitative estimate of drug-likeness (QED) is 0.0949. The maximum atomic E-state index is 5.58. The molecule has 61 heavy (non-hydrogen) atoms. The number of hydrogen-bond acceptors (Lipinski definition) is 18. The maximum Gasteiger partial charge on any atom is 0.431 e. The molecule has 0 radical (unpaired) electrons. The van der Waals surface area contributed by atoms with Crippen LogP contribution in [0.15, 0.2) is 97.4 Å². The van der Waals surface area contributed by atoms with Crippen LogP contribution in [0.2, 0.25) is 0 Å². The van der Waals surface area contributed by atoms with Gasteiger partial charge in [0.05, 0.1) is 15.3 Å². The first-order valence-corrected chi connectivity index (χ1v) is 20.3. The molecule has 0 aliphatic carbocycles. The summed E-state index contributed by atoms with van der Waals surface area (Å²) in [6.07, 6.45) is 0. The molecular formula is C40H65N18S3+3. The Kier molecular flexibility index (Phi) is 21.6. The summed E-state index contributed by atoms with van der Waals surface area (Å²) in [5.74, 6) is 0. The molecule has 0 amide bonds. The second-order valence-corrected chi connectivity index (χ2v) is 16.3. The van der Waals surface area contributed by atoms with Gasteiger partial charge in [0, 0.05) is 80.5 Å². The zero-order chi connectivity index (χ0) is 42.5. The summed E-state index contributed by atoms with van der Waals surface area (Å²) in [5, 5.41) is 45.3. The molecule has 18 nitrogen and oxygen atoms in total. The fraction of sp³-hybridized carbons (Fsp3) is 0.400. The van der Waals surface area contributed by atoms with Gasteiger partial charge in [0.15, 0.2) is 0 Å². The molecule has 3 aromatic heterocycles. The molecule has 6 rings (SSSR count). The van der Waals surface area contributed by atoms with Crippen molar-refractivity contribution in [2.24, 2.45) is 51.8 Å². The number of aryl methyl sites for hydroxylation is 4. The Bertz CT molecular complexity index is 2310. The van der Waals surface area contributed by atoms with Gasteiger partial charge in [-0.25, -0.2) is 0 Å². The van der Waals surface area contributed by atoms with E-state index in [4.69, 9.17) is 5.73 Å². The number of nitrogen functional groups attached to an aromatic ring is 1. The molecule has 6 aromatic rings. The van der Waals surface area contributed by atoms with Crippen molar-refractivity contribution in [3.05, 3.63) is 72.3 Å². The van der Waals surface area contributed by atoms with Crippen LogP contribution in [0.3, 0.4) is 0 Å². The Morgan fingerprint density at radius 2 is 0.951 bits per heavy atom. The number of aromatic nitrogens is 6. The van der Waals surface area contributed by atoms with Gasteiger partial charge in [-0.2, -0.15) is 0 Å². The monoisotopic (exact) mass is 893 g/mol. The predicted molar refractivity (Wildman–Crippen MR) is 258 cm³/mol. The van der Waals surface area contributed by atoms with E-state index in [-0.39, 0.29) is 22.3 Å². The Morgan fingerprint density at radius 1 is 0.525 bits per heavy atom. The third-order valence-corrected chi connectivity index (χ3v) is 10.9. The van der Waals surface area contributed by atoms with Gasteiger partial charge in [-0.05, 0) is 129 Å². The highest BCUT2D eigenvalue weighted by Crippen LogP contribution is 2.28. The molecular weight excluding hydrogens is 829 g/mol. The summed E-state index contributed by atoms with van der Waals surface area (Å²) in [6, 6.07) is 21.8. The lowest BCUT2D eigenvalue weighted by molar-refractivity contribution is -0.712. The van der Waals surface area contributed by atoms with Crippen molar-refractivity contribution in [2.75, 3.05) is 94.1 Å². The number of nitrogens with one attached hydrogen (secondary N) is 1. The van der Waals surface area contributed by atoms with E-state index in [2.05, 4.69) is 69.2 Å². The van der Waals surface area contributed by atoms with Gasteiger partial charge in [-0.1, -0.05) is 37.6 Å². The smallest absolute Gasteiger partial charge is 0.378 e. The average Bonchev–Trinajstić information content (AvgIpc) is 3.86. The van der Waals surface area contributed by atoms with Gasteiger partial charge in [0.2, 0.25) is 15.4 Å². The van der Waals surface area contributed by atoms with Crippen LogP contribution in [0.5, 0.6) is 0 Å². The minimum absolute atomic E-state index is 0. The van der Waals surface area contributed by atoms with Crippen LogP contribution in [0, 0.1) is 6.92 Å². The number of benzene rings is 3. The Balaban J connectivity index is 0.000000447. The van der Waals surface area contributed by atoms with Crippen LogP contribution in [0.1, 0.15) is 27.8 Å². The number of nitrogens with two attached hydrogens (primary N) is 1. The summed E-state index contributed by atoms with van der Waals surface area (Å²) in [6.45, 7) is 2.07. The Morgan fingerprint density at radius 3 is 1.33 bits per heavy atom. The fourth-order valence-corrected chi connectivity index (χ4v) is 6.80. The Labute approximate surface area is 374 Å². The van der Waals surface area contributed by atoms with Crippen molar-refractivity contribution >= 4 is 98.9 Å². The van der Waals surface area contributed by atoms with Crippen LogP contribution in [-0.2, 0) is 21.1 Å². The van der Waals surface area contributed by atoms with E-state index in [9.17, 15) is 0 Å². The fourth-order valence-electron chi connectivity index (χ4n) is 4.74. The molecule has 0 aliphatic rings. The molecule has 0 unspecified atom stereocenters. The normalized spacial score (nSPS) is 10.5. The summed E-state index contributed by atoms with van der Waals surface area (Å²) in [7, 11) is 23.3. The van der Waals surface area contributed by atoms with E-state index in [0.29, 0.717) is 10.3 Å². The lowest BCUT2D eigenvalue weighted by Crippen LogP contribution is -2.30. The molecule has 0 fully saturated rings. The highest BCUT2D eigenvalue weighted by Gasteiger charge is 2.17. The van der Waals surface area contributed by atoms with E-state index in [1.165, 1.54) is 45.3 Å². The lowest BCUT2D eigenvalue weighted by Gasteiger charge is -2.14. The Hall–Kier alpha value is -6.06. The summed E-state index contributed by atoms with van der Waals surface area (Å²) < 4.78 is 5.05. The second-order valence-electron chi connectivity index (χ2n) is 13.4. The molecule has 21 heteroatoms. The topological polar surface area (TPSA) is 175 Å². The number of azo groups is 3. The summed E-state index contributed by atoms with van der Waals surface area (Å²) in [5.41, 5.74) is 12.7. The third-order valence-electron chi connectivity index (χ3n) is 7.87. The van der Waals surface area contributed by atoms with Gasteiger partial charge in [-0.15, -0.1) is 14.0 Å². The standard InChI is InChI=1S/2C13H19N6S.C11H15N6S.3CH4/c1-17(2)11-8-6-10(7-9-11)14-15-12-19(5)16-13(20-12)18(3)4;1-9-8-10(6-7-11(9)18(3)4)15-16-13-19(5)17-12(14-2)20-13;1-16(2)9-6-4-8(5-7-9)13-14-11-17(3)15-10(12)18-11;;;/h6-9H,1-5H3;6-8H,1-5H3,(H,14,17);4-7H,1-3H3,(H2,12,15);3*1H4/q3*+1;;;. The molecule has 0 aliphatic heterocycles. The van der Waals surface area contributed by atoms with E-state index < -0.39 is 0 Å². The predicted octanol–water partition coefficient (Wildman–Crippen LogP) is 9.25. The third kappa shape index (κ3) is 15.8. The molecule has 0 saturated carbocycles. The highest BCUT2D eigenvalue weighted by atomic mass is 32.1. The van der Waals surface area contributed by atoms with Crippen molar-refractivity contribution in [1.82, 2.24) is 15.3 Å². The summed E-state index contributed by atoms with van der Waals surface area (Å²) in [4.78, 5) is 8.12. The molecule has 330 valence electrons. The van der Waals surface area contributed by atoms with Gasteiger partial charge >= 0.3 is 15.4 Å². The van der Waals surface area contributed by atoms with Crippen LogP contribution in [-0.4, -0.2) is 78.7 Å². The van der Waals surface area contributed by atoms with Crippen LogP contribution < -0.4 is 44.7 Å². The van der Waals surface area contributed by atoms with Crippen LogP contribution in [0.25, 0.3) is 0 Å². The molecule has 0 saturated heterocycles. The SMILES string of the molecule is C.C.C.CN(C)c1ccc(N=Nc2sc(N(C)C)n[n+]2C)cc1.CN(C)c1ccc(N=Nc2sc(N)n[n+]2C)cc1.CNc1n[n+](C)c(N=Nc2ccc(N(C)C)c(C)c2)s1. The van der Waals surface area contributed by atoms with E-state index in [0.717, 1.165) is 49.0 Å². The zero-order valence-corrected chi connectivity index (χ0v) is 37.8. The van der Waals surface area contributed by atoms with Crippen LogP contribution >= 0.6 is 34.0 Å². The zero-order valence-electron chi connectivity index (χ0n) is 35.3. The number of rotatable bonds is 11. The average molecular weight is 894 g/mol. The van der Waals surface area contributed by atoms with Crippen molar-refractivity contribution in [3.8, 4) is 0 Å². The van der Waals surface area contributed by atoms with Gasteiger partial charge < -0.3 is 30.7 Å². The highest BCUT2D eigenvalue weighted by molar-refractivity contribution is 7.18. The van der Waals surface area contributed by atoms with Crippen LogP contribution in [0.4, 0.5) is 64.9 Å². The van der Waals surface area contributed by atoms with E-state index in [1.807, 2.05) is 153 Å². The first kappa shape index (κ1) is 53.0. The molecule has 3 N–H and O–H groups in total. The van der Waals surface area contributed by atoms with Crippen molar-refractivity contribution in [1.29, 1.82) is 0 Å². The number of hydrogen-bond donors (Lipinski definition) is 2. The second kappa shape index (κ2) is 24.9. The number of nitrogens with zero attached hydrogens (tertiary/aromatic N) is 16. The molecule has 0 spiro atoms. The lowest BCUT2D eigenvalue weighted by atomic mass is 10.1. The largest absolute Gasteiger partial charge is 0.431 e. The molecule has 0 atom stereocenters. The minimum Gasteiger partial charge on any atom is -0.378 e. The maximum absolute atomic E-state index is 5.58. The van der Waals surface area contributed by atoms with Crippen molar-refractivity contribution in [3.63, 3.8) is 0 Å². The van der Waals surface area contributed by atoms with E-state index in [1.54, 1.807) is 21.1 Å². The van der Waals surface area contributed by atoms with Gasteiger partial charge in [-0.3, -0.25) is 0 Å². The first-order valence-electron chi connectivity index (χ1n) is 17.8. The molecule has 3 aromatic carbocycles. The van der Waals surface area contributed by atoms with Gasteiger partial charge in [0.25, 0.3) is 0 Å². The molecule has 3 heterocycles. The summed E-state index contributed by atoms with van der Waals surface area (Å²) >= 11 is 4.27. The van der Waals surface area contributed by atoms with Crippen molar-refractivity contribution < 1.29 is 14.0 Å². The van der Waals surface area contributed by atoms with E-state index >= 15 is 0 Å². The number of anilines is 6. The van der Waals surface area contributed by atoms with Gasteiger partial charge in [0.1, 0.15) is 38.2 Å². The first-order chi connectivity index (χ1) is 27.5.